The zero-order valence-electron chi connectivity index (χ0n) is 12.2. The molecule has 1 aromatic rings. The van der Waals surface area contributed by atoms with Gasteiger partial charge < -0.3 is 0 Å². The van der Waals surface area contributed by atoms with E-state index in [1.165, 1.54) is 29.5 Å². The van der Waals surface area contributed by atoms with E-state index in [1.54, 1.807) is 0 Å². The summed E-state index contributed by atoms with van der Waals surface area (Å²) < 4.78 is 0. The number of aryl methyl sites for hydroxylation is 2. The standard InChI is InChI=1S/C16H26ClN/c1-5-16(6-2)18(10-9-17)12-15-8-7-13(3)14(4)11-15/h7-8,11,16H,5-6,9-10,12H2,1-4H3. The second kappa shape index (κ2) is 7.81. The molecule has 0 fully saturated rings. The highest BCUT2D eigenvalue weighted by molar-refractivity contribution is 6.18. The number of alkyl halides is 1. The van der Waals surface area contributed by atoms with Gasteiger partial charge in [0, 0.05) is 25.0 Å². The first-order valence-electron chi connectivity index (χ1n) is 6.98. The van der Waals surface area contributed by atoms with Gasteiger partial charge in [-0.2, -0.15) is 0 Å². The van der Waals surface area contributed by atoms with Gasteiger partial charge >= 0.3 is 0 Å². The lowest BCUT2D eigenvalue weighted by atomic mass is 10.0. The molecule has 18 heavy (non-hydrogen) atoms. The summed E-state index contributed by atoms with van der Waals surface area (Å²) >= 11 is 5.94. The Bertz CT molecular complexity index is 358. The average molecular weight is 268 g/mol. The molecule has 0 aromatic heterocycles. The molecule has 0 atom stereocenters. The first-order chi connectivity index (χ1) is 8.62. The minimum atomic E-state index is 0.644. The summed E-state index contributed by atoms with van der Waals surface area (Å²) in [6.45, 7) is 10.9. The van der Waals surface area contributed by atoms with Crippen LogP contribution in [0, 0.1) is 13.8 Å². The van der Waals surface area contributed by atoms with Crippen LogP contribution in [0.25, 0.3) is 0 Å². The van der Waals surface area contributed by atoms with Gasteiger partial charge in [0.2, 0.25) is 0 Å². The first-order valence-corrected chi connectivity index (χ1v) is 7.51. The molecule has 102 valence electrons. The van der Waals surface area contributed by atoms with Gasteiger partial charge in [0.1, 0.15) is 0 Å². The van der Waals surface area contributed by atoms with Gasteiger partial charge in [-0.05, 0) is 43.4 Å². The monoisotopic (exact) mass is 267 g/mol. The van der Waals surface area contributed by atoms with Crippen molar-refractivity contribution in [3.8, 4) is 0 Å². The summed E-state index contributed by atoms with van der Waals surface area (Å²) in [4.78, 5) is 2.51. The highest BCUT2D eigenvalue weighted by atomic mass is 35.5. The molecular weight excluding hydrogens is 242 g/mol. The van der Waals surface area contributed by atoms with Crippen molar-refractivity contribution in [3.05, 3.63) is 34.9 Å². The predicted molar refractivity (Wildman–Crippen MR) is 81.4 cm³/mol. The van der Waals surface area contributed by atoms with Gasteiger partial charge in [-0.3, -0.25) is 4.90 Å². The molecule has 1 rings (SSSR count). The highest BCUT2D eigenvalue weighted by Gasteiger charge is 2.14. The fourth-order valence-electron chi connectivity index (χ4n) is 2.44. The van der Waals surface area contributed by atoms with E-state index in [1.807, 2.05) is 0 Å². The van der Waals surface area contributed by atoms with Gasteiger partial charge in [0.05, 0.1) is 0 Å². The molecular formula is C16H26ClN. The molecule has 0 saturated carbocycles. The molecule has 0 amide bonds. The maximum absolute atomic E-state index is 5.94. The van der Waals surface area contributed by atoms with E-state index in [0.29, 0.717) is 11.9 Å². The zero-order valence-corrected chi connectivity index (χ0v) is 12.9. The molecule has 0 aliphatic carbocycles. The Balaban J connectivity index is 2.78. The van der Waals surface area contributed by atoms with Crippen LogP contribution in [-0.4, -0.2) is 23.4 Å². The van der Waals surface area contributed by atoms with Crippen molar-refractivity contribution in [2.24, 2.45) is 0 Å². The van der Waals surface area contributed by atoms with Crippen molar-refractivity contribution in [2.45, 2.75) is 53.1 Å². The average Bonchev–Trinajstić information content (AvgIpc) is 2.35. The van der Waals surface area contributed by atoms with Gasteiger partial charge in [-0.15, -0.1) is 11.6 Å². The van der Waals surface area contributed by atoms with Crippen molar-refractivity contribution in [3.63, 3.8) is 0 Å². The lowest BCUT2D eigenvalue weighted by Gasteiger charge is -2.30. The van der Waals surface area contributed by atoms with Crippen molar-refractivity contribution in [2.75, 3.05) is 12.4 Å². The third kappa shape index (κ3) is 4.29. The van der Waals surface area contributed by atoms with Crippen LogP contribution in [0.2, 0.25) is 0 Å². The van der Waals surface area contributed by atoms with Crippen molar-refractivity contribution in [1.82, 2.24) is 4.90 Å². The maximum Gasteiger partial charge on any atom is 0.0351 e. The molecule has 0 aliphatic rings. The summed E-state index contributed by atoms with van der Waals surface area (Å²) in [6, 6.07) is 7.41. The smallest absolute Gasteiger partial charge is 0.0351 e. The number of halogens is 1. The number of hydrogen-bond acceptors (Lipinski definition) is 1. The second-order valence-corrected chi connectivity index (χ2v) is 5.43. The van der Waals surface area contributed by atoms with Gasteiger partial charge in [-0.25, -0.2) is 0 Å². The Labute approximate surface area is 117 Å². The fraction of sp³-hybridized carbons (Fsp3) is 0.625. The van der Waals surface area contributed by atoms with Crippen LogP contribution in [0.5, 0.6) is 0 Å². The number of nitrogens with zero attached hydrogens (tertiary/aromatic N) is 1. The molecule has 0 unspecified atom stereocenters. The molecule has 0 aliphatic heterocycles. The SMILES string of the molecule is CCC(CC)N(CCCl)Cc1ccc(C)c(C)c1. The summed E-state index contributed by atoms with van der Waals surface area (Å²) in [5.41, 5.74) is 4.14. The molecule has 1 nitrogen and oxygen atoms in total. The van der Waals surface area contributed by atoms with E-state index < -0.39 is 0 Å². The Morgan fingerprint density at radius 2 is 1.78 bits per heavy atom. The summed E-state index contributed by atoms with van der Waals surface area (Å²) in [5, 5.41) is 0. The summed E-state index contributed by atoms with van der Waals surface area (Å²) in [7, 11) is 0. The Hall–Kier alpha value is -0.530. The van der Waals surface area contributed by atoms with Crippen LogP contribution in [0.15, 0.2) is 18.2 Å². The number of hydrogen-bond donors (Lipinski definition) is 0. The summed E-state index contributed by atoms with van der Waals surface area (Å²) in [6.07, 6.45) is 2.39. The van der Waals surface area contributed by atoms with E-state index >= 15 is 0 Å². The lowest BCUT2D eigenvalue weighted by Crippen LogP contribution is -2.35. The van der Waals surface area contributed by atoms with Crippen LogP contribution >= 0.6 is 11.6 Å². The third-order valence-electron chi connectivity index (χ3n) is 3.79. The topological polar surface area (TPSA) is 3.24 Å². The molecule has 0 spiro atoms. The molecule has 1 aromatic carbocycles. The van der Waals surface area contributed by atoms with Crippen molar-refractivity contribution < 1.29 is 0 Å². The second-order valence-electron chi connectivity index (χ2n) is 5.05. The quantitative estimate of drug-likeness (QED) is 0.656. The van der Waals surface area contributed by atoms with E-state index in [9.17, 15) is 0 Å². The predicted octanol–water partition coefficient (Wildman–Crippen LogP) is 4.53. The molecule has 0 radical (unpaired) electrons. The molecule has 2 heteroatoms. The van der Waals surface area contributed by atoms with Crippen LogP contribution in [0.1, 0.15) is 43.4 Å². The normalized spacial score (nSPS) is 11.5. The third-order valence-corrected chi connectivity index (χ3v) is 3.96. The van der Waals surface area contributed by atoms with E-state index in [-0.39, 0.29) is 0 Å². The zero-order chi connectivity index (χ0) is 13.5. The summed E-state index contributed by atoms with van der Waals surface area (Å²) in [5.74, 6) is 0.710. The highest BCUT2D eigenvalue weighted by Crippen LogP contribution is 2.16. The van der Waals surface area contributed by atoms with E-state index in [2.05, 4.69) is 50.8 Å². The lowest BCUT2D eigenvalue weighted by molar-refractivity contribution is 0.188. The molecule has 0 bridgehead atoms. The Kier molecular flexibility index (Phi) is 6.73. The Morgan fingerprint density at radius 1 is 1.11 bits per heavy atom. The molecule has 0 saturated heterocycles. The first kappa shape index (κ1) is 15.5. The fourth-order valence-corrected chi connectivity index (χ4v) is 2.66. The van der Waals surface area contributed by atoms with Crippen LogP contribution in [0.3, 0.4) is 0 Å². The van der Waals surface area contributed by atoms with Crippen molar-refractivity contribution in [1.29, 1.82) is 0 Å². The maximum atomic E-state index is 5.94. The van der Waals surface area contributed by atoms with Gasteiger partial charge in [0.25, 0.3) is 0 Å². The largest absolute Gasteiger partial charge is 0.295 e. The van der Waals surface area contributed by atoms with Crippen molar-refractivity contribution >= 4 is 11.6 Å². The van der Waals surface area contributed by atoms with Crippen LogP contribution < -0.4 is 0 Å². The van der Waals surface area contributed by atoms with E-state index in [0.717, 1.165) is 13.1 Å². The minimum Gasteiger partial charge on any atom is -0.295 e. The number of rotatable bonds is 7. The molecule has 0 heterocycles. The van der Waals surface area contributed by atoms with Gasteiger partial charge in [0.15, 0.2) is 0 Å². The van der Waals surface area contributed by atoms with E-state index in [4.69, 9.17) is 11.6 Å². The molecule has 0 N–H and O–H groups in total. The number of benzene rings is 1. The minimum absolute atomic E-state index is 0.644. The van der Waals surface area contributed by atoms with Gasteiger partial charge in [-0.1, -0.05) is 32.0 Å². The van der Waals surface area contributed by atoms with Crippen LogP contribution in [-0.2, 0) is 6.54 Å². The Morgan fingerprint density at radius 3 is 2.28 bits per heavy atom. The van der Waals surface area contributed by atoms with Crippen LogP contribution in [0.4, 0.5) is 0 Å².